The van der Waals surface area contributed by atoms with Crippen LogP contribution in [0.3, 0.4) is 0 Å². The maximum absolute atomic E-state index is 11.8. The summed E-state index contributed by atoms with van der Waals surface area (Å²) in [5, 5.41) is 20.3. The van der Waals surface area contributed by atoms with Gasteiger partial charge in [0.25, 0.3) is 5.91 Å². The van der Waals surface area contributed by atoms with E-state index in [2.05, 4.69) is 5.32 Å². The third kappa shape index (κ3) is 3.05. The fourth-order valence-electron chi connectivity index (χ4n) is 1.46. The molecular weight excluding hydrogens is 206 g/mol. The van der Waals surface area contributed by atoms with Gasteiger partial charge in [0.1, 0.15) is 0 Å². The highest BCUT2D eigenvalue weighted by molar-refractivity contribution is 5.95. The smallest absolute Gasteiger partial charge is 0.251 e. The van der Waals surface area contributed by atoms with Gasteiger partial charge in [-0.15, -0.1) is 0 Å². The van der Waals surface area contributed by atoms with Crippen molar-refractivity contribution in [3.05, 3.63) is 35.4 Å². The van der Waals surface area contributed by atoms with Crippen LogP contribution in [0, 0.1) is 0 Å². The molecule has 0 saturated carbocycles. The highest BCUT2D eigenvalue weighted by Gasteiger charge is 2.13. The lowest BCUT2D eigenvalue weighted by molar-refractivity contribution is 0.0878. The van der Waals surface area contributed by atoms with Crippen molar-refractivity contribution in [3.63, 3.8) is 0 Å². The van der Waals surface area contributed by atoms with E-state index in [4.69, 9.17) is 10.2 Å². The molecule has 3 N–H and O–H groups in total. The molecule has 0 atom stereocenters. The average molecular weight is 223 g/mol. The zero-order chi connectivity index (χ0) is 12.0. The van der Waals surface area contributed by atoms with Crippen molar-refractivity contribution in [2.45, 2.75) is 19.4 Å². The molecule has 0 unspecified atom stereocenters. The first kappa shape index (κ1) is 12.7. The highest BCUT2D eigenvalue weighted by Crippen LogP contribution is 2.09. The van der Waals surface area contributed by atoms with E-state index in [-0.39, 0.29) is 19.1 Å². The van der Waals surface area contributed by atoms with E-state index in [9.17, 15) is 4.79 Å². The van der Waals surface area contributed by atoms with Gasteiger partial charge in [0.15, 0.2) is 0 Å². The Bertz CT molecular complexity index is 348. The first-order valence-corrected chi connectivity index (χ1v) is 5.33. The second-order valence-corrected chi connectivity index (χ2v) is 3.55. The predicted molar refractivity (Wildman–Crippen MR) is 61.2 cm³/mol. The van der Waals surface area contributed by atoms with Crippen molar-refractivity contribution < 1.29 is 15.0 Å². The number of carbonyl (C=O) groups is 1. The largest absolute Gasteiger partial charge is 0.394 e. The molecule has 0 saturated heterocycles. The number of amides is 1. The van der Waals surface area contributed by atoms with Gasteiger partial charge in [0.05, 0.1) is 19.3 Å². The molecule has 0 aliphatic carbocycles. The van der Waals surface area contributed by atoms with Crippen molar-refractivity contribution in [2.75, 3.05) is 13.2 Å². The Labute approximate surface area is 94.9 Å². The zero-order valence-electron chi connectivity index (χ0n) is 9.31. The Hall–Kier alpha value is -1.39. The standard InChI is InChI=1S/C12H17NO3/c1-2-9-5-3-4-6-11(9)12(16)13-10(7-14)8-15/h3-6,10,14-15H,2,7-8H2,1H3,(H,13,16). The fraction of sp³-hybridized carbons (Fsp3) is 0.417. The van der Waals surface area contributed by atoms with Crippen LogP contribution in [0.4, 0.5) is 0 Å². The summed E-state index contributed by atoms with van der Waals surface area (Å²) in [5.74, 6) is -0.259. The summed E-state index contributed by atoms with van der Waals surface area (Å²) >= 11 is 0. The maximum atomic E-state index is 11.8. The first-order valence-electron chi connectivity index (χ1n) is 5.33. The fourth-order valence-corrected chi connectivity index (χ4v) is 1.46. The van der Waals surface area contributed by atoms with Gasteiger partial charge < -0.3 is 15.5 Å². The molecule has 1 aromatic rings. The van der Waals surface area contributed by atoms with Crippen molar-refractivity contribution in [3.8, 4) is 0 Å². The van der Waals surface area contributed by atoms with E-state index in [1.54, 1.807) is 12.1 Å². The molecule has 0 aliphatic heterocycles. The molecule has 4 heteroatoms. The van der Waals surface area contributed by atoms with Crippen LogP contribution in [-0.4, -0.2) is 35.4 Å². The van der Waals surface area contributed by atoms with Gasteiger partial charge in [0, 0.05) is 5.56 Å². The van der Waals surface area contributed by atoms with E-state index in [1.807, 2.05) is 19.1 Å². The zero-order valence-corrected chi connectivity index (χ0v) is 9.31. The number of hydrogen-bond donors (Lipinski definition) is 3. The molecule has 16 heavy (non-hydrogen) atoms. The second kappa shape index (κ2) is 6.25. The minimum atomic E-state index is -0.600. The van der Waals surface area contributed by atoms with Gasteiger partial charge in [-0.1, -0.05) is 25.1 Å². The Balaban J connectivity index is 2.79. The van der Waals surface area contributed by atoms with Gasteiger partial charge in [-0.3, -0.25) is 4.79 Å². The summed E-state index contributed by atoms with van der Waals surface area (Å²) < 4.78 is 0. The van der Waals surface area contributed by atoms with E-state index in [1.165, 1.54) is 0 Å². The lowest BCUT2D eigenvalue weighted by Crippen LogP contribution is -2.40. The van der Waals surface area contributed by atoms with Crippen molar-refractivity contribution in [1.82, 2.24) is 5.32 Å². The summed E-state index contributed by atoms with van der Waals surface area (Å²) in [7, 11) is 0. The molecule has 4 nitrogen and oxygen atoms in total. The van der Waals surface area contributed by atoms with E-state index in [0.29, 0.717) is 5.56 Å². The second-order valence-electron chi connectivity index (χ2n) is 3.55. The molecule has 88 valence electrons. The van der Waals surface area contributed by atoms with Crippen LogP contribution in [0.15, 0.2) is 24.3 Å². The molecule has 1 amide bonds. The van der Waals surface area contributed by atoms with Crippen LogP contribution in [0.5, 0.6) is 0 Å². The SMILES string of the molecule is CCc1ccccc1C(=O)NC(CO)CO. The normalized spacial score (nSPS) is 10.5. The van der Waals surface area contributed by atoms with E-state index in [0.717, 1.165) is 12.0 Å². The van der Waals surface area contributed by atoms with Crippen LogP contribution < -0.4 is 5.32 Å². The molecule has 0 radical (unpaired) electrons. The molecule has 1 rings (SSSR count). The van der Waals surface area contributed by atoms with Crippen LogP contribution in [0.25, 0.3) is 0 Å². The Morgan fingerprint density at radius 2 is 1.94 bits per heavy atom. The number of nitrogens with one attached hydrogen (secondary N) is 1. The quantitative estimate of drug-likeness (QED) is 0.674. The van der Waals surface area contributed by atoms with Crippen molar-refractivity contribution >= 4 is 5.91 Å². The van der Waals surface area contributed by atoms with Crippen molar-refractivity contribution in [1.29, 1.82) is 0 Å². The minimum absolute atomic E-state index is 0.259. The Morgan fingerprint density at radius 1 is 1.31 bits per heavy atom. The monoisotopic (exact) mass is 223 g/mol. The number of aliphatic hydroxyl groups is 2. The number of hydrogen-bond acceptors (Lipinski definition) is 3. The third-order valence-electron chi connectivity index (χ3n) is 2.42. The average Bonchev–Trinajstić information content (AvgIpc) is 2.35. The molecule has 0 spiro atoms. The van der Waals surface area contributed by atoms with E-state index < -0.39 is 6.04 Å². The number of carbonyl (C=O) groups excluding carboxylic acids is 1. The van der Waals surface area contributed by atoms with Crippen LogP contribution in [0.2, 0.25) is 0 Å². The molecule has 0 heterocycles. The number of rotatable bonds is 5. The minimum Gasteiger partial charge on any atom is -0.394 e. The Kier molecular flexibility index (Phi) is 4.95. The van der Waals surface area contributed by atoms with Gasteiger partial charge in [-0.25, -0.2) is 0 Å². The number of aryl methyl sites for hydroxylation is 1. The Morgan fingerprint density at radius 3 is 2.50 bits per heavy atom. The van der Waals surface area contributed by atoms with Crippen molar-refractivity contribution in [2.24, 2.45) is 0 Å². The van der Waals surface area contributed by atoms with Gasteiger partial charge in [-0.2, -0.15) is 0 Å². The van der Waals surface area contributed by atoms with Gasteiger partial charge in [-0.05, 0) is 18.1 Å². The summed E-state index contributed by atoms with van der Waals surface area (Å²) in [4.78, 5) is 11.8. The highest BCUT2D eigenvalue weighted by atomic mass is 16.3. The number of benzene rings is 1. The van der Waals surface area contributed by atoms with Crippen LogP contribution in [0.1, 0.15) is 22.8 Å². The summed E-state index contributed by atoms with van der Waals surface area (Å²) in [5.41, 5.74) is 1.55. The van der Waals surface area contributed by atoms with Gasteiger partial charge in [0.2, 0.25) is 0 Å². The molecule has 0 aromatic heterocycles. The topological polar surface area (TPSA) is 69.6 Å². The molecule has 0 bridgehead atoms. The summed E-state index contributed by atoms with van der Waals surface area (Å²) in [6.07, 6.45) is 0.770. The first-order chi connectivity index (χ1) is 7.72. The van der Waals surface area contributed by atoms with Gasteiger partial charge >= 0.3 is 0 Å². The summed E-state index contributed by atoms with van der Waals surface area (Å²) in [6.45, 7) is 1.44. The molecule has 0 fully saturated rings. The summed E-state index contributed by atoms with van der Waals surface area (Å²) in [6, 6.07) is 6.70. The lowest BCUT2D eigenvalue weighted by atomic mass is 10.0. The predicted octanol–water partition coefficient (Wildman–Crippen LogP) is 0.332. The number of aliphatic hydroxyl groups excluding tert-OH is 2. The maximum Gasteiger partial charge on any atom is 0.251 e. The van der Waals surface area contributed by atoms with Crippen LogP contribution in [-0.2, 0) is 6.42 Å². The molecule has 1 aromatic carbocycles. The van der Waals surface area contributed by atoms with Crippen LogP contribution >= 0.6 is 0 Å². The molecular formula is C12H17NO3. The lowest BCUT2D eigenvalue weighted by Gasteiger charge is -2.14. The van der Waals surface area contributed by atoms with E-state index >= 15 is 0 Å². The molecule has 0 aliphatic rings. The third-order valence-corrected chi connectivity index (χ3v) is 2.42.